The molecule has 10 heteroatoms. The summed E-state index contributed by atoms with van der Waals surface area (Å²) in [4.78, 5) is 6.72. The van der Waals surface area contributed by atoms with Crippen molar-refractivity contribution in [2.24, 2.45) is 0 Å². The molecule has 1 aliphatic rings. The molecule has 0 saturated carbocycles. The van der Waals surface area contributed by atoms with Gasteiger partial charge in [0.25, 0.3) is 0 Å². The zero-order valence-electron chi connectivity index (χ0n) is 19.8. The lowest BCUT2D eigenvalue weighted by Gasteiger charge is -2.20. The summed E-state index contributed by atoms with van der Waals surface area (Å²) < 4.78 is 13.4. The molecular formula is C25H34N4O6. The Morgan fingerprint density at radius 2 is 1.91 bits per heavy atom. The number of rotatable bonds is 12. The van der Waals surface area contributed by atoms with Crippen LogP contribution in [0.1, 0.15) is 18.2 Å². The van der Waals surface area contributed by atoms with Gasteiger partial charge in [-0.1, -0.05) is 24.3 Å². The molecule has 1 aromatic heterocycles. The second-order valence-corrected chi connectivity index (χ2v) is 8.75. The van der Waals surface area contributed by atoms with Gasteiger partial charge in [-0.15, -0.1) is 0 Å². The Labute approximate surface area is 204 Å². The van der Waals surface area contributed by atoms with E-state index in [2.05, 4.69) is 15.2 Å². The zero-order chi connectivity index (χ0) is 24.8. The van der Waals surface area contributed by atoms with E-state index >= 15 is 0 Å². The smallest absolute Gasteiger partial charge is 0.206 e. The molecule has 10 nitrogen and oxygen atoms in total. The number of ether oxygens (including phenoxy) is 2. The van der Waals surface area contributed by atoms with Crippen LogP contribution < -0.4 is 10.1 Å². The first-order chi connectivity index (χ1) is 17.0. The van der Waals surface area contributed by atoms with Crippen molar-refractivity contribution in [1.82, 2.24) is 14.5 Å². The lowest BCUT2D eigenvalue weighted by molar-refractivity contribution is -0.0499. The third kappa shape index (κ3) is 5.92. The number of hydrogen-bond donors (Lipinski definition) is 5. The predicted molar refractivity (Wildman–Crippen MR) is 131 cm³/mol. The molecule has 1 saturated heterocycles. The average Bonchev–Trinajstić information content (AvgIpc) is 3.37. The molecule has 3 aromatic rings. The van der Waals surface area contributed by atoms with Crippen molar-refractivity contribution in [2.75, 3.05) is 45.3 Å². The van der Waals surface area contributed by atoms with E-state index < -0.39 is 31.1 Å². The molecule has 2 aromatic carbocycles. The van der Waals surface area contributed by atoms with Gasteiger partial charge >= 0.3 is 0 Å². The lowest BCUT2D eigenvalue weighted by atomic mass is 10.1. The van der Waals surface area contributed by atoms with E-state index in [4.69, 9.17) is 14.6 Å². The first kappa shape index (κ1) is 25.4. The molecule has 4 rings (SSSR count). The lowest BCUT2D eigenvalue weighted by Crippen LogP contribution is -2.33. The maximum absolute atomic E-state index is 10.6. The van der Waals surface area contributed by atoms with Crippen LogP contribution in [0.2, 0.25) is 0 Å². The van der Waals surface area contributed by atoms with E-state index in [1.165, 1.54) is 0 Å². The number of aromatic nitrogens is 2. The molecule has 1 fully saturated rings. The molecule has 2 heterocycles. The first-order valence-corrected chi connectivity index (χ1v) is 11.9. The van der Waals surface area contributed by atoms with Crippen molar-refractivity contribution < 1.29 is 29.9 Å². The van der Waals surface area contributed by atoms with Gasteiger partial charge in [-0.05, 0) is 43.3 Å². The van der Waals surface area contributed by atoms with Crippen LogP contribution in [0, 0.1) is 0 Å². The minimum atomic E-state index is -1.21. The number of benzene rings is 2. The van der Waals surface area contributed by atoms with Crippen molar-refractivity contribution in [2.45, 2.75) is 37.5 Å². The molecule has 0 amide bonds. The van der Waals surface area contributed by atoms with Crippen LogP contribution in [-0.4, -0.2) is 93.1 Å². The number of fused-ring (bicyclic) bond motifs is 1. The fourth-order valence-corrected chi connectivity index (χ4v) is 4.25. The zero-order valence-corrected chi connectivity index (χ0v) is 19.8. The van der Waals surface area contributed by atoms with Crippen LogP contribution in [0.5, 0.6) is 5.75 Å². The van der Waals surface area contributed by atoms with Crippen LogP contribution in [0.4, 0.5) is 5.95 Å². The molecule has 4 atom stereocenters. The minimum Gasteiger partial charge on any atom is -0.494 e. The van der Waals surface area contributed by atoms with E-state index in [1.807, 2.05) is 55.6 Å². The minimum absolute atomic E-state index is 0.147. The van der Waals surface area contributed by atoms with Crippen molar-refractivity contribution in [3.63, 3.8) is 0 Å². The van der Waals surface area contributed by atoms with Gasteiger partial charge in [0.2, 0.25) is 5.95 Å². The van der Waals surface area contributed by atoms with Crippen molar-refractivity contribution in [3.8, 4) is 5.75 Å². The van der Waals surface area contributed by atoms with Gasteiger partial charge in [0, 0.05) is 19.6 Å². The number of imidazole rings is 1. The van der Waals surface area contributed by atoms with Gasteiger partial charge in [0.15, 0.2) is 6.23 Å². The Balaban J connectivity index is 1.44. The molecule has 0 unspecified atom stereocenters. The standard InChI is InChI=1S/C25H34N4O6/c1-28(11-12-30)10-5-13-34-18-7-4-6-17(14-18)15-26-25-27-19-8-2-3-9-20(19)29(25)24-23(33)22(32)21(16-31)35-24/h2-4,6-9,14,21-24,30-33H,5,10-13,15-16H2,1H3,(H,26,27)/t21-,22-,23-,24-/m1/s1. The molecule has 190 valence electrons. The summed E-state index contributed by atoms with van der Waals surface area (Å²) in [5, 5.41) is 42.7. The van der Waals surface area contributed by atoms with E-state index in [0.29, 0.717) is 25.6 Å². The second kappa shape index (κ2) is 11.8. The topological polar surface area (TPSA) is 132 Å². The molecular weight excluding hydrogens is 452 g/mol. The van der Waals surface area contributed by atoms with Crippen molar-refractivity contribution in [1.29, 1.82) is 0 Å². The Morgan fingerprint density at radius 1 is 1.09 bits per heavy atom. The molecule has 1 aliphatic heterocycles. The number of nitrogens with one attached hydrogen (secondary N) is 1. The summed E-state index contributed by atoms with van der Waals surface area (Å²) in [5.41, 5.74) is 2.45. The summed E-state index contributed by atoms with van der Waals surface area (Å²) in [6, 6.07) is 15.3. The van der Waals surface area contributed by atoms with Crippen LogP contribution in [0.25, 0.3) is 11.0 Å². The second-order valence-electron chi connectivity index (χ2n) is 8.75. The Morgan fingerprint density at radius 3 is 2.69 bits per heavy atom. The van der Waals surface area contributed by atoms with E-state index in [1.54, 1.807) is 4.57 Å². The monoisotopic (exact) mass is 486 g/mol. The average molecular weight is 487 g/mol. The predicted octanol–water partition coefficient (Wildman–Crippen LogP) is 0.953. The number of hydrogen-bond acceptors (Lipinski definition) is 9. The normalized spacial score (nSPS) is 22.2. The van der Waals surface area contributed by atoms with Crippen LogP contribution in [0.3, 0.4) is 0 Å². The summed E-state index contributed by atoms with van der Waals surface area (Å²) in [7, 11) is 1.97. The summed E-state index contributed by atoms with van der Waals surface area (Å²) in [6.45, 7) is 2.28. The number of anilines is 1. The summed E-state index contributed by atoms with van der Waals surface area (Å²) in [5.74, 6) is 1.25. The Hall–Kier alpha value is -2.73. The maximum atomic E-state index is 10.6. The molecule has 5 N–H and O–H groups in total. The first-order valence-electron chi connectivity index (χ1n) is 11.9. The molecule has 0 bridgehead atoms. The fraction of sp³-hybridized carbons (Fsp3) is 0.480. The summed E-state index contributed by atoms with van der Waals surface area (Å²) >= 11 is 0. The van der Waals surface area contributed by atoms with Gasteiger partial charge in [-0.25, -0.2) is 4.98 Å². The van der Waals surface area contributed by atoms with Gasteiger partial charge in [0.1, 0.15) is 24.1 Å². The molecule has 0 spiro atoms. The maximum Gasteiger partial charge on any atom is 0.206 e. The number of aliphatic hydroxyl groups excluding tert-OH is 4. The molecule has 0 radical (unpaired) electrons. The third-order valence-electron chi connectivity index (χ3n) is 6.15. The number of aliphatic hydroxyl groups is 4. The SMILES string of the molecule is CN(CCO)CCCOc1cccc(CNc2nc3ccccc3n2[C@@H]2O[C@H](CO)[C@@H](O)[C@H]2O)c1. The van der Waals surface area contributed by atoms with Gasteiger partial charge < -0.3 is 40.1 Å². The van der Waals surface area contributed by atoms with Gasteiger partial charge in [-0.3, -0.25) is 4.57 Å². The van der Waals surface area contributed by atoms with Crippen LogP contribution in [0.15, 0.2) is 48.5 Å². The van der Waals surface area contributed by atoms with E-state index in [0.717, 1.165) is 35.3 Å². The third-order valence-corrected chi connectivity index (χ3v) is 6.15. The number of para-hydroxylation sites is 2. The molecule has 0 aliphatic carbocycles. The highest BCUT2D eigenvalue weighted by Gasteiger charge is 2.44. The summed E-state index contributed by atoms with van der Waals surface area (Å²) in [6.07, 6.45) is -3.32. The van der Waals surface area contributed by atoms with Gasteiger partial charge in [0.05, 0.1) is 30.9 Å². The largest absolute Gasteiger partial charge is 0.494 e. The molecule has 35 heavy (non-hydrogen) atoms. The van der Waals surface area contributed by atoms with E-state index in [9.17, 15) is 15.3 Å². The van der Waals surface area contributed by atoms with Crippen LogP contribution in [-0.2, 0) is 11.3 Å². The highest BCUT2D eigenvalue weighted by molar-refractivity contribution is 5.78. The van der Waals surface area contributed by atoms with Gasteiger partial charge in [-0.2, -0.15) is 0 Å². The quantitative estimate of drug-likeness (QED) is 0.237. The number of likely N-dealkylation sites (N-methyl/N-ethyl adjacent to an activating group) is 1. The highest BCUT2D eigenvalue weighted by Crippen LogP contribution is 2.35. The number of nitrogens with zero attached hydrogens (tertiary/aromatic N) is 3. The Bertz CT molecular complexity index is 1090. The van der Waals surface area contributed by atoms with Crippen molar-refractivity contribution in [3.05, 3.63) is 54.1 Å². The fourth-order valence-electron chi connectivity index (χ4n) is 4.25. The van der Waals surface area contributed by atoms with Crippen molar-refractivity contribution >= 4 is 17.0 Å². The highest BCUT2D eigenvalue weighted by atomic mass is 16.6. The van der Waals surface area contributed by atoms with Crippen LogP contribution >= 0.6 is 0 Å². The Kier molecular flexibility index (Phi) is 8.55. The van der Waals surface area contributed by atoms with E-state index in [-0.39, 0.29) is 6.61 Å².